The number of likely N-dealkylation sites (tertiary alicyclic amines) is 1. The molecule has 1 aromatic rings. The number of nitrogens with zero attached hydrogens (tertiary/aromatic N) is 2. The van der Waals surface area contributed by atoms with E-state index in [4.69, 9.17) is 4.74 Å². The van der Waals surface area contributed by atoms with Gasteiger partial charge in [0.15, 0.2) is 0 Å². The molecule has 1 saturated heterocycles. The topological polar surface area (TPSA) is 15.7 Å². The normalized spacial score (nSPS) is 23.0. The molecule has 0 aliphatic carbocycles. The molecule has 2 heterocycles. The Balaban J connectivity index is 1.34. The number of ether oxygens (including phenoxy) is 1. The van der Waals surface area contributed by atoms with Gasteiger partial charge in [-0.2, -0.15) is 0 Å². The minimum absolute atomic E-state index is 0.761. The summed E-state index contributed by atoms with van der Waals surface area (Å²) in [5.74, 6) is 1.03. The number of benzene rings is 1. The summed E-state index contributed by atoms with van der Waals surface area (Å²) in [4.78, 5) is 5.17. The maximum absolute atomic E-state index is 5.88. The van der Waals surface area contributed by atoms with Gasteiger partial charge in [-0.1, -0.05) is 30.4 Å². The number of hydrogen-bond donors (Lipinski definition) is 0. The van der Waals surface area contributed by atoms with Crippen molar-refractivity contribution in [3.05, 3.63) is 42.0 Å². The van der Waals surface area contributed by atoms with E-state index in [1.165, 1.54) is 25.1 Å². The van der Waals surface area contributed by atoms with E-state index in [0.717, 1.165) is 44.5 Å². The Morgan fingerprint density at radius 2 is 2.00 bits per heavy atom. The van der Waals surface area contributed by atoms with Gasteiger partial charge in [-0.3, -0.25) is 4.90 Å². The molecule has 0 N–H and O–H groups in total. The van der Waals surface area contributed by atoms with Crippen molar-refractivity contribution in [1.82, 2.24) is 9.80 Å². The van der Waals surface area contributed by atoms with Gasteiger partial charge in [0.25, 0.3) is 0 Å². The third-order valence-electron chi connectivity index (χ3n) is 4.58. The molecule has 0 saturated carbocycles. The van der Waals surface area contributed by atoms with Crippen LogP contribution < -0.4 is 4.74 Å². The van der Waals surface area contributed by atoms with Gasteiger partial charge in [0.05, 0.1) is 6.61 Å². The Hall–Kier alpha value is -1.32. The summed E-state index contributed by atoms with van der Waals surface area (Å²) >= 11 is 0. The Morgan fingerprint density at radius 3 is 2.81 bits per heavy atom. The Labute approximate surface area is 128 Å². The smallest absolute Gasteiger partial charge is 0.122 e. The number of para-hydroxylation sites is 1. The largest absolute Gasteiger partial charge is 0.493 e. The van der Waals surface area contributed by atoms with E-state index in [0.29, 0.717) is 0 Å². The Morgan fingerprint density at radius 1 is 1.19 bits per heavy atom. The van der Waals surface area contributed by atoms with Crippen LogP contribution in [0.2, 0.25) is 0 Å². The van der Waals surface area contributed by atoms with E-state index < -0.39 is 0 Å². The molecule has 114 valence electrons. The van der Waals surface area contributed by atoms with Crippen molar-refractivity contribution in [2.24, 2.45) is 0 Å². The van der Waals surface area contributed by atoms with Crippen LogP contribution in [0, 0.1) is 6.92 Å². The first-order valence-electron chi connectivity index (χ1n) is 8.13. The molecule has 2 aliphatic rings. The highest BCUT2D eigenvalue weighted by atomic mass is 16.5. The molecule has 2 aliphatic heterocycles. The van der Waals surface area contributed by atoms with Crippen LogP contribution in [0.4, 0.5) is 0 Å². The fraction of sp³-hybridized carbons (Fsp3) is 0.556. The van der Waals surface area contributed by atoms with Crippen LogP contribution in [0.3, 0.4) is 0 Å². The lowest BCUT2D eigenvalue weighted by atomic mass is 10.2. The van der Waals surface area contributed by atoms with Crippen molar-refractivity contribution in [3.8, 4) is 5.75 Å². The zero-order chi connectivity index (χ0) is 14.5. The fourth-order valence-corrected chi connectivity index (χ4v) is 3.29. The second-order valence-corrected chi connectivity index (χ2v) is 6.14. The molecule has 0 unspecified atom stereocenters. The molecule has 1 atom stereocenters. The number of hydrogen-bond acceptors (Lipinski definition) is 3. The lowest BCUT2D eigenvalue weighted by molar-refractivity contribution is 0.226. The van der Waals surface area contributed by atoms with Crippen LogP contribution in [0.1, 0.15) is 18.4 Å². The number of rotatable bonds is 6. The van der Waals surface area contributed by atoms with Crippen LogP contribution >= 0.6 is 0 Å². The molecule has 21 heavy (non-hydrogen) atoms. The van der Waals surface area contributed by atoms with E-state index in [9.17, 15) is 0 Å². The summed E-state index contributed by atoms with van der Waals surface area (Å²) in [5.41, 5.74) is 1.22. The van der Waals surface area contributed by atoms with Gasteiger partial charge in [-0.15, -0.1) is 0 Å². The predicted molar refractivity (Wildman–Crippen MR) is 86.8 cm³/mol. The lowest BCUT2D eigenvalue weighted by Crippen LogP contribution is -2.36. The molecule has 3 rings (SSSR count). The van der Waals surface area contributed by atoms with Gasteiger partial charge in [-0.25, -0.2) is 0 Å². The first-order valence-corrected chi connectivity index (χ1v) is 8.13. The van der Waals surface area contributed by atoms with Gasteiger partial charge in [-0.05, 0) is 37.9 Å². The minimum Gasteiger partial charge on any atom is -0.493 e. The van der Waals surface area contributed by atoms with Gasteiger partial charge >= 0.3 is 0 Å². The van der Waals surface area contributed by atoms with Crippen molar-refractivity contribution in [2.75, 3.05) is 39.3 Å². The average molecular weight is 286 g/mol. The summed E-state index contributed by atoms with van der Waals surface area (Å²) in [6.45, 7) is 8.84. The summed E-state index contributed by atoms with van der Waals surface area (Å²) < 4.78 is 5.88. The predicted octanol–water partition coefficient (Wildman–Crippen LogP) is 2.71. The number of aryl methyl sites for hydroxylation is 1. The summed E-state index contributed by atoms with van der Waals surface area (Å²) in [6.07, 6.45) is 7.01. The second kappa shape index (κ2) is 7.10. The molecule has 0 amide bonds. The van der Waals surface area contributed by atoms with E-state index in [1.807, 2.05) is 6.07 Å². The van der Waals surface area contributed by atoms with Crippen LogP contribution in [-0.4, -0.2) is 55.2 Å². The van der Waals surface area contributed by atoms with Crippen molar-refractivity contribution in [2.45, 2.75) is 25.8 Å². The van der Waals surface area contributed by atoms with Gasteiger partial charge in [0, 0.05) is 32.2 Å². The van der Waals surface area contributed by atoms with Crippen LogP contribution in [0.5, 0.6) is 5.75 Å². The summed E-state index contributed by atoms with van der Waals surface area (Å²) in [6, 6.07) is 9.01. The molecule has 0 radical (unpaired) electrons. The highest BCUT2D eigenvalue weighted by Crippen LogP contribution is 2.19. The lowest BCUT2D eigenvalue weighted by Gasteiger charge is -2.23. The molecule has 0 aromatic heterocycles. The van der Waals surface area contributed by atoms with Gasteiger partial charge in [0.2, 0.25) is 0 Å². The van der Waals surface area contributed by atoms with Crippen LogP contribution in [0.15, 0.2) is 36.4 Å². The third kappa shape index (κ3) is 3.86. The summed E-state index contributed by atoms with van der Waals surface area (Å²) in [7, 11) is 0. The molecule has 3 nitrogen and oxygen atoms in total. The summed E-state index contributed by atoms with van der Waals surface area (Å²) in [5, 5.41) is 0. The van der Waals surface area contributed by atoms with Crippen molar-refractivity contribution in [1.29, 1.82) is 0 Å². The fourth-order valence-electron chi connectivity index (χ4n) is 3.29. The molecular formula is C18H26N2O. The zero-order valence-electron chi connectivity index (χ0n) is 13.0. The van der Waals surface area contributed by atoms with Crippen molar-refractivity contribution < 1.29 is 4.74 Å². The molecule has 3 heteroatoms. The highest BCUT2D eigenvalue weighted by Gasteiger charge is 2.27. The molecule has 1 fully saturated rings. The molecule has 1 aromatic carbocycles. The first-order chi connectivity index (χ1) is 10.3. The monoisotopic (exact) mass is 286 g/mol. The van der Waals surface area contributed by atoms with Gasteiger partial charge < -0.3 is 9.64 Å². The van der Waals surface area contributed by atoms with Crippen LogP contribution in [-0.2, 0) is 0 Å². The van der Waals surface area contributed by atoms with Crippen molar-refractivity contribution >= 4 is 0 Å². The van der Waals surface area contributed by atoms with E-state index in [-0.39, 0.29) is 0 Å². The SMILES string of the molecule is Cc1ccccc1OCCCN1CC[C@@H](N2CC=CC2)C1. The van der Waals surface area contributed by atoms with E-state index in [1.54, 1.807) is 0 Å². The zero-order valence-corrected chi connectivity index (χ0v) is 13.0. The molecular weight excluding hydrogens is 260 g/mol. The quantitative estimate of drug-likeness (QED) is 0.591. The van der Waals surface area contributed by atoms with E-state index in [2.05, 4.69) is 47.1 Å². The Bertz CT molecular complexity index is 478. The van der Waals surface area contributed by atoms with Gasteiger partial charge in [0.1, 0.15) is 5.75 Å². The maximum atomic E-state index is 5.88. The minimum atomic E-state index is 0.761. The van der Waals surface area contributed by atoms with E-state index >= 15 is 0 Å². The van der Waals surface area contributed by atoms with Crippen molar-refractivity contribution in [3.63, 3.8) is 0 Å². The third-order valence-corrected chi connectivity index (χ3v) is 4.58. The standard InChI is InChI=1S/C18H26N2O/c1-16-7-2-3-8-18(16)21-14-6-10-19-13-9-17(15-19)20-11-4-5-12-20/h2-5,7-8,17H,6,9-15H2,1H3/t17-/m1/s1. The van der Waals surface area contributed by atoms with Crippen LogP contribution in [0.25, 0.3) is 0 Å². The average Bonchev–Trinajstić information content (AvgIpc) is 3.16. The molecule has 0 spiro atoms. The Kier molecular flexibility index (Phi) is 4.94. The second-order valence-electron chi connectivity index (χ2n) is 6.14. The first kappa shape index (κ1) is 14.6. The molecule has 0 bridgehead atoms. The highest BCUT2D eigenvalue weighted by molar-refractivity contribution is 5.31. The maximum Gasteiger partial charge on any atom is 0.122 e.